The van der Waals surface area contributed by atoms with Gasteiger partial charge in [0.1, 0.15) is 0 Å². The fraction of sp³-hybridized carbons (Fsp3) is 0. The highest BCUT2D eigenvalue weighted by atomic mass is 15.0. The molecule has 0 atom stereocenters. The highest BCUT2D eigenvalue weighted by molar-refractivity contribution is 5.80. The van der Waals surface area contributed by atoms with Gasteiger partial charge in [0.25, 0.3) is 0 Å². The predicted molar refractivity (Wildman–Crippen MR) is 72.9 cm³/mol. The first kappa shape index (κ1) is 11.3. The van der Waals surface area contributed by atoms with Crippen LogP contribution < -0.4 is 5.73 Å². The normalized spacial score (nSPS) is 10.3. The van der Waals surface area contributed by atoms with E-state index in [2.05, 4.69) is 19.9 Å². The van der Waals surface area contributed by atoms with Gasteiger partial charge in [0.05, 0.1) is 5.69 Å². The molecule has 0 saturated carbocycles. The molecule has 3 rings (SSSR count). The van der Waals surface area contributed by atoms with Gasteiger partial charge in [-0.05, 0) is 29.8 Å². The van der Waals surface area contributed by atoms with Gasteiger partial charge in [0.2, 0.25) is 5.95 Å². The third-order valence-corrected chi connectivity index (χ3v) is 2.75. The van der Waals surface area contributed by atoms with Crippen LogP contribution in [0.4, 0.5) is 5.95 Å². The van der Waals surface area contributed by atoms with E-state index >= 15 is 0 Å². The van der Waals surface area contributed by atoms with Gasteiger partial charge in [-0.2, -0.15) is 0 Å². The van der Waals surface area contributed by atoms with Gasteiger partial charge < -0.3 is 5.73 Å². The zero-order valence-corrected chi connectivity index (χ0v) is 10.1. The molecule has 19 heavy (non-hydrogen) atoms. The molecule has 0 aliphatic rings. The van der Waals surface area contributed by atoms with Gasteiger partial charge in [-0.15, -0.1) is 0 Å². The number of rotatable bonds is 2. The second kappa shape index (κ2) is 4.81. The molecule has 0 amide bonds. The third kappa shape index (κ3) is 2.26. The zero-order valence-electron chi connectivity index (χ0n) is 10.1. The van der Waals surface area contributed by atoms with Crippen molar-refractivity contribution in [3.63, 3.8) is 0 Å². The molecular formula is C14H11N5. The van der Waals surface area contributed by atoms with Crippen LogP contribution in [0.25, 0.3) is 22.4 Å². The molecule has 0 saturated heterocycles. The van der Waals surface area contributed by atoms with Crippen molar-refractivity contribution in [2.75, 3.05) is 5.73 Å². The van der Waals surface area contributed by atoms with Crippen molar-refractivity contribution < 1.29 is 0 Å². The molecular weight excluding hydrogens is 238 g/mol. The number of pyridine rings is 2. The third-order valence-electron chi connectivity index (χ3n) is 2.75. The smallest absolute Gasteiger partial charge is 0.220 e. The van der Waals surface area contributed by atoms with Crippen LogP contribution in [-0.4, -0.2) is 19.9 Å². The topological polar surface area (TPSA) is 77.6 Å². The standard InChI is InChI=1S/C14H11N5/c15-14-18-9-12(10-1-5-16-6-2-10)13(19-14)11-3-7-17-8-4-11/h1-9H,(H2,15,18,19). The summed E-state index contributed by atoms with van der Waals surface area (Å²) in [5.41, 5.74) is 9.36. The van der Waals surface area contributed by atoms with E-state index in [9.17, 15) is 0 Å². The number of nitrogens with zero attached hydrogens (tertiary/aromatic N) is 4. The second-order valence-corrected chi connectivity index (χ2v) is 3.96. The van der Waals surface area contributed by atoms with Crippen LogP contribution in [-0.2, 0) is 0 Å². The van der Waals surface area contributed by atoms with E-state index in [1.54, 1.807) is 31.0 Å². The summed E-state index contributed by atoms with van der Waals surface area (Å²) in [7, 11) is 0. The molecule has 5 nitrogen and oxygen atoms in total. The highest BCUT2D eigenvalue weighted by Crippen LogP contribution is 2.29. The molecule has 0 radical (unpaired) electrons. The molecule has 0 unspecified atom stereocenters. The highest BCUT2D eigenvalue weighted by Gasteiger charge is 2.10. The van der Waals surface area contributed by atoms with Gasteiger partial charge in [0, 0.05) is 42.1 Å². The quantitative estimate of drug-likeness (QED) is 0.753. The van der Waals surface area contributed by atoms with Crippen molar-refractivity contribution in [1.29, 1.82) is 0 Å². The average molecular weight is 249 g/mol. The number of hydrogen-bond acceptors (Lipinski definition) is 5. The van der Waals surface area contributed by atoms with Crippen LogP contribution in [0.5, 0.6) is 0 Å². The van der Waals surface area contributed by atoms with Gasteiger partial charge in [-0.25, -0.2) is 9.97 Å². The first-order chi connectivity index (χ1) is 9.34. The number of anilines is 1. The summed E-state index contributed by atoms with van der Waals surface area (Å²) in [4.78, 5) is 16.4. The summed E-state index contributed by atoms with van der Waals surface area (Å²) >= 11 is 0. The Kier molecular flexibility index (Phi) is 2.86. The Hall–Kier alpha value is -2.82. The molecule has 0 spiro atoms. The van der Waals surface area contributed by atoms with E-state index < -0.39 is 0 Å². The molecule has 3 aromatic rings. The van der Waals surface area contributed by atoms with Crippen molar-refractivity contribution in [3.8, 4) is 22.4 Å². The molecule has 0 aliphatic heterocycles. The van der Waals surface area contributed by atoms with Crippen LogP contribution in [0.15, 0.2) is 55.2 Å². The molecule has 3 heterocycles. The minimum atomic E-state index is 0.254. The van der Waals surface area contributed by atoms with Gasteiger partial charge in [0.15, 0.2) is 0 Å². The van der Waals surface area contributed by atoms with Crippen molar-refractivity contribution in [1.82, 2.24) is 19.9 Å². The van der Waals surface area contributed by atoms with Crippen LogP contribution in [0.2, 0.25) is 0 Å². The Balaban J connectivity index is 2.21. The van der Waals surface area contributed by atoms with Gasteiger partial charge in [-0.3, -0.25) is 9.97 Å². The maximum atomic E-state index is 5.69. The fourth-order valence-corrected chi connectivity index (χ4v) is 1.87. The summed E-state index contributed by atoms with van der Waals surface area (Å²) in [6.07, 6.45) is 8.66. The Bertz CT molecular complexity index is 683. The lowest BCUT2D eigenvalue weighted by molar-refractivity contribution is 1.18. The molecule has 0 fully saturated rings. The predicted octanol–water partition coefficient (Wildman–Crippen LogP) is 2.18. The molecule has 0 aromatic carbocycles. The zero-order chi connectivity index (χ0) is 13.1. The van der Waals surface area contributed by atoms with Gasteiger partial charge >= 0.3 is 0 Å². The van der Waals surface area contributed by atoms with E-state index in [0.29, 0.717) is 0 Å². The van der Waals surface area contributed by atoms with Crippen molar-refractivity contribution in [3.05, 3.63) is 55.2 Å². The Morgan fingerprint density at radius 1 is 0.789 bits per heavy atom. The lowest BCUT2D eigenvalue weighted by atomic mass is 10.0. The number of hydrogen-bond donors (Lipinski definition) is 1. The number of nitrogens with two attached hydrogens (primary N) is 1. The van der Waals surface area contributed by atoms with Crippen LogP contribution in [0.3, 0.4) is 0 Å². The summed E-state index contributed by atoms with van der Waals surface area (Å²) in [6, 6.07) is 7.62. The summed E-state index contributed by atoms with van der Waals surface area (Å²) in [6.45, 7) is 0. The minimum absolute atomic E-state index is 0.254. The van der Waals surface area contributed by atoms with Crippen LogP contribution in [0, 0.1) is 0 Å². The van der Waals surface area contributed by atoms with Crippen molar-refractivity contribution >= 4 is 5.95 Å². The van der Waals surface area contributed by atoms with Crippen molar-refractivity contribution in [2.24, 2.45) is 0 Å². The first-order valence-corrected chi connectivity index (χ1v) is 5.78. The summed E-state index contributed by atoms with van der Waals surface area (Å²) < 4.78 is 0. The maximum Gasteiger partial charge on any atom is 0.220 e. The summed E-state index contributed by atoms with van der Waals surface area (Å²) in [5.74, 6) is 0.254. The number of aromatic nitrogens is 4. The van der Waals surface area contributed by atoms with Crippen LogP contribution in [0.1, 0.15) is 0 Å². The van der Waals surface area contributed by atoms with E-state index in [0.717, 1.165) is 22.4 Å². The Morgan fingerprint density at radius 2 is 1.37 bits per heavy atom. The summed E-state index contributed by atoms with van der Waals surface area (Å²) in [5, 5.41) is 0. The van der Waals surface area contributed by atoms with E-state index in [1.807, 2.05) is 24.3 Å². The fourth-order valence-electron chi connectivity index (χ4n) is 1.87. The average Bonchev–Trinajstić information content (AvgIpc) is 2.49. The lowest BCUT2D eigenvalue weighted by Gasteiger charge is -2.08. The van der Waals surface area contributed by atoms with Gasteiger partial charge in [-0.1, -0.05) is 0 Å². The lowest BCUT2D eigenvalue weighted by Crippen LogP contribution is -1.98. The largest absolute Gasteiger partial charge is 0.368 e. The first-order valence-electron chi connectivity index (χ1n) is 5.78. The van der Waals surface area contributed by atoms with E-state index in [4.69, 9.17) is 5.73 Å². The second-order valence-electron chi connectivity index (χ2n) is 3.96. The molecule has 0 aliphatic carbocycles. The Morgan fingerprint density at radius 3 is 2.00 bits per heavy atom. The molecule has 3 aromatic heterocycles. The van der Waals surface area contributed by atoms with E-state index in [1.165, 1.54) is 0 Å². The number of nitrogen functional groups attached to an aromatic ring is 1. The van der Waals surface area contributed by atoms with Crippen LogP contribution >= 0.6 is 0 Å². The SMILES string of the molecule is Nc1ncc(-c2ccncc2)c(-c2ccncc2)n1. The molecule has 0 bridgehead atoms. The minimum Gasteiger partial charge on any atom is -0.368 e. The molecule has 2 N–H and O–H groups in total. The monoisotopic (exact) mass is 249 g/mol. The molecule has 5 heteroatoms. The van der Waals surface area contributed by atoms with Crippen molar-refractivity contribution in [2.45, 2.75) is 0 Å². The van der Waals surface area contributed by atoms with E-state index in [-0.39, 0.29) is 5.95 Å². The Labute approximate surface area is 110 Å². The molecule has 92 valence electrons. The maximum absolute atomic E-state index is 5.69.